The van der Waals surface area contributed by atoms with Crippen LogP contribution in [0.15, 0.2) is 87.2 Å². The molecule has 1 heterocycles. The summed E-state index contributed by atoms with van der Waals surface area (Å²) in [7, 11) is 0. The van der Waals surface area contributed by atoms with Crippen molar-refractivity contribution in [2.45, 2.75) is 40.5 Å². The van der Waals surface area contributed by atoms with Gasteiger partial charge in [0.15, 0.2) is 18.2 Å². The van der Waals surface area contributed by atoms with Gasteiger partial charge in [0.25, 0.3) is 11.5 Å². The number of amides is 1. The maximum atomic E-state index is 13.8. The predicted octanol–water partition coefficient (Wildman–Crippen LogP) is 8.52. The van der Waals surface area contributed by atoms with Crippen molar-refractivity contribution < 1.29 is 14.3 Å². The van der Waals surface area contributed by atoms with Gasteiger partial charge in [-0.25, -0.2) is 4.98 Å². The minimum Gasteiger partial charge on any atom is -0.494 e. The van der Waals surface area contributed by atoms with Crippen LogP contribution in [-0.4, -0.2) is 35.0 Å². The highest BCUT2D eigenvalue weighted by molar-refractivity contribution is 9.10. The Balaban J connectivity index is 1.48. The van der Waals surface area contributed by atoms with Crippen LogP contribution in [0.4, 0.5) is 5.69 Å². The smallest absolute Gasteiger partial charge is 0.282 e. The number of aryl methyl sites for hydroxylation is 2. The lowest BCUT2D eigenvalue weighted by Gasteiger charge is -2.18. The van der Waals surface area contributed by atoms with E-state index in [1.54, 1.807) is 30.5 Å². The van der Waals surface area contributed by atoms with Crippen LogP contribution in [0.2, 0.25) is 5.02 Å². The summed E-state index contributed by atoms with van der Waals surface area (Å²) in [6, 6.07) is 22.1. The summed E-state index contributed by atoms with van der Waals surface area (Å²) < 4.78 is 13.5. The SMILES string of the molecule is CCOc1cc(C)c(-c2nc3ccccc3c(=O)n2N=Cc2cc(Cl)c(OCC(=O)Nc3ccc(C)cc3)c(Br)c2)cc1C(C)C. The summed E-state index contributed by atoms with van der Waals surface area (Å²) in [4.78, 5) is 31.2. The number of ether oxygens (including phenoxy) is 2. The van der Waals surface area contributed by atoms with Gasteiger partial charge in [0, 0.05) is 11.3 Å². The molecule has 4 aromatic carbocycles. The van der Waals surface area contributed by atoms with E-state index in [0.29, 0.717) is 44.8 Å². The van der Waals surface area contributed by atoms with Crippen LogP contribution in [0.3, 0.4) is 0 Å². The second-order valence-electron chi connectivity index (χ2n) is 11.1. The molecule has 0 fully saturated rings. The van der Waals surface area contributed by atoms with Gasteiger partial charge in [0.05, 0.1) is 33.2 Å². The van der Waals surface area contributed by atoms with Crippen molar-refractivity contribution >= 4 is 56.2 Å². The molecule has 1 aromatic heterocycles. The minimum atomic E-state index is -0.321. The molecule has 46 heavy (non-hydrogen) atoms. The number of hydrogen-bond donors (Lipinski definition) is 1. The van der Waals surface area contributed by atoms with Crippen LogP contribution in [0.25, 0.3) is 22.3 Å². The number of fused-ring (bicyclic) bond motifs is 1. The van der Waals surface area contributed by atoms with Gasteiger partial charge in [0.2, 0.25) is 0 Å². The zero-order valence-electron chi connectivity index (χ0n) is 26.2. The highest BCUT2D eigenvalue weighted by Gasteiger charge is 2.19. The lowest BCUT2D eigenvalue weighted by atomic mass is 9.96. The number of halogens is 2. The number of hydrogen-bond acceptors (Lipinski definition) is 6. The first-order valence-corrected chi connectivity index (χ1v) is 16.0. The maximum Gasteiger partial charge on any atom is 0.282 e. The zero-order valence-corrected chi connectivity index (χ0v) is 28.6. The molecule has 236 valence electrons. The van der Waals surface area contributed by atoms with E-state index < -0.39 is 0 Å². The van der Waals surface area contributed by atoms with Crippen molar-refractivity contribution in [3.8, 4) is 22.9 Å². The number of aromatic nitrogens is 2. The molecule has 0 spiro atoms. The molecule has 0 aliphatic carbocycles. The molecule has 1 N–H and O–H groups in total. The molecule has 0 unspecified atom stereocenters. The molecule has 0 aliphatic heterocycles. The van der Waals surface area contributed by atoms with Crippen molar-refractivity contribution in [2.75, 3.05) is 18.5 Å². The summed E-state index contributed by atoms with van der Waals surface area (Å²) in [5.74, 6) is 1.39. The van der Waals surface area contributed by atoms with Crippen molar-refractivity contribution in [2.24, 2.45) is 5.10 Å². The number of benzene rings is 4. The average Bonchev–Trinajstić information content (AvgIpc) is 3.01. The van der Waals surface area contributed by atoms with Crippen LogP contribution < -0.4 is 20.3 Å². The highest BCUT2D eigenvalue weighted by Crippen LogP contribution is 2.36. The molecule has 0 bridgehead atoms. The third kappa shape index (κ3) is 7.32. The quantitative estimate of drug-likeness (QED) is 0.147. The minimum absolute atomic E-state index is 0.180. The molecular formula is C36H34BrClN4O4. The van der Waals surface area contributed by atoms with Crippen molar-refractivity contribution in [1.29, 1.82) is 0 Å². The van der Waals surface area contributed by atoms with Crippen LogP contribution in [-0.2, 0) is 4.79 Å². The third-order valence-electron chi connectivity index (χ3n) is 7.30. The van der Waals surface area contributed by atoms with Gasteiger partial charge < -0.3 is 14.8 Å². The van der Waals surface area contributed by atoms with Gasteiger partial charge >= 0.3 is 0 Å². The number of nitrogens with one attached hydrogen (secondary N) is 1. The van der Waals surface area contributed by atoms with Crippen LogP contribution >= 0.6 is 27.5 Å². The van der Waals surface area contributed by atoms with Gasteiger partial charge in [-0.1, -0.05) is 55.3 Å². The Morgan fingerprint density at radius 2 is 1.80 bits per heavy atom. The summed E-state index contributed by atoms with van der Waals surface area (Å²) in [6.07, 6.45) is 1.54. The van der Waals surface area contributed by atoms with E-state index in [0.717, 1.165) is 28.0 Å². The number of carbonyl (C=O) groups is 1. The van der Waals surface area contributed by atoms with Gasteiger partial charge in [0.1, 0.15) is 5.75 Å². The van der Waals surface area contributed by atoms with E-state index in [1.807, 2.05) is 69.3 Å². The van der Waals surface area contributed by atoms with Crippen molar-refractivity contribution in [3.63, 3.8) is 0 Å². The molecule has 0 atom stereocenters. The van der Waals surface area contributed by atoms with Crippen molar-refractivity contribution in [1.82, 2.24) is 9.66 Å². The van der Waals surface area contributed by atoms with Gasteiger partial charge in [-0.05, 0) is 108 Å². The fraction of sp³-hybridized carbons (Fsp3) is 0.222. The number of rotatable bonds is 10. The van der Waals surface area contributed by atoms with Gasteiger partial charge in [-0.15, -0.1) is 0 Å². The molecule has 0 saturated heterocycles. The van der Waals surface area contributed by atoms with Crippen molar-refractivity contribution in [3.05, 3.63) is 115 Å². The number of nitrogens with zero attached hydrogens (tertiary/aromatic N) is 3. The van der Waals surface area contributed by atoms with Gasteiger partial charge in [-0.3, -0.25) is 9.59 Å². The summed E-state index contributed by atoms with van der Waals surface area (Å²) in [5.41, 5.74) is 5.34. The molecule has 1 amide bonds. The topological polar surface area (TPSA) is 94.8 Å². The maximum absolute atomic E-state index is 13.8. The van der Waals surface area contributed by atoms with E-state index >= 15 is 0 Å². The fourth-order valence-electron chi connectivity index (χ4n) is 4.96. The lowest BCUT2D eigenvalue weighted by molar-refractivity contribution is -0.118. The molecule has 0 radical (unpaired) electrons. The van der Waals surface area contributed by atoms with E-state index in [1.165, 1.54) is 4.68 Å². The third-order valence-corrected chi connectivity index (χ3v) is 8.17. The summed E-state index contributed by atoms with van der Waals surface area (Å²) >= 11 is 10.1. The first kappa shape index (κ1) is 32.9. The zero-order chi connectivity index (χ0) is 33.0. The molecule has 5 aromatic rings. The number of para-hydroxylation sites is 1. The Morgan fingerprint density at radius 3 is 2.50 bits per heavy atom. The summed E-state index contributed by atoms with van der Waals surface area (Å²) in [5, 5.41) is 8.13. The molecule has 5 rings (SSSR count). The fourth-order valence-corrected chi connectivity index (χ4v) is 5.95. The van der Waals surface area contributed by atoms with Crippen LogP contribution in [0.1, 0.15) is 48.9 Å². The Labute approximate surface area is 281 Å². The van der Waals surface area contributed by atoms with E-state index in [9.17, 15) is 9.59 Å². The Bertz CT molecular complexity index is 1980. The second-order valence-corrected chi connectivity index (χ2v) is 12.4. The molecule has 0 saturated carbocycles. The first-order valence-electron chi connectivity index (χ1n) is 14.9. The first-order chi connectivity index (χ1) is 22.0. The van der Waals surface area contributed by atoms with E-state index in [2.05, 4.69) is 40.2 Å². The normalized spacial score (nSPS) is 11.4. The van der Waals surface area contributed by atoms with E-state index in [-0.39, 0.29) is 29.0 Å². The van der Waals surface area contributed by atoms with Gasteiger partial charge in [-0.2, -0.15) is 9.78 Å². The monoisotopic (exact) mass is 700 g/mol. The molecule has 0 aliphatic rings. The second kappa shape index (κ2) is 14.3. The van der Waals surface area contributed by atoms with E-state index in [4.69, 9.17) is 26.1 Å². The summed E-state index contributed by atoms with van der Waals surface area (Å²) in [6.45, 7) is 10.4. The molecule has 10 heteroatoms. The predicted molar refractivity (Wildman–Crippen MR) is 189 cm³/mol. The average molecular weight is 702 g/mol. The molecular weight excluding hydrogens is 668 g/mol. The Hall–Kier alpha value is -4.47. The highest BCUT2D eigenvalue weighted by atomic mass is 79.9. The van der Waals surface area contributed by atoms with Crippen LogP contribution in [0, 0.1) is 13.8 Å². The van der Waals surface area contributed by atoms with Crippen LogP contribution in [0.5, 0.6) is 11.5 Å². The lowest BCUT2D eigenvalue weighted by Crippen LogP contribution is -2.21. The standard InChI is InChI=1S/C36H34BrClN4O4/c1-6-45-32-15-23(5)28(18-27(32)21(2)3)35-41-31-10-8-7-9-26(31)36(44)42(35)39-19-24-16-29(37)34(30(38)17-24)46-20-33(43)40-25-13-11-22(4)12-14-25/h7-19,21H,6,20H2,1-5H3,(H,40,43). The number of anilines is 1. The number of carbonyl (C=O) groups excluding carboxylic acids is 1. The molecule has 8 nitrogen and oxygen atoms in total. The largest absolute Gasteiger partial charge is 0.494 e. The Kier molecular flexibility index (Phi) is 10.2. The Morgan fingerprint density at radius 1 is 1.07 bits per heavy atom.